The Morgan fingerprint density at radius 2 is 1.13 bits per heavy atom. The van der Waals surface area contributed by atoms with Gasteiger partial charge in [0.1, 0.15) is 11.5 Å². The lowest BCUT2D eigenvalue weighted by Crippen LogP contribution is -2.24. The van der Waals surface area contributed by atoms with Gasteiger partial charge in [-0.25, -0.2) is 0 Å². The lowest BCUT2D eigenvalue weighted by molar-refractivity contribution is 0.463. The van der Waals surface area contributed by atoms with Crippen LogP contribution in [0.3, 0.4) is 0 Å². The molecule has 0 aromatic heterocycles. The number of hydrogen-bond donors (Lipinski definition) is 0. The van der Waals surface area contributed by atoms with Gasteiger partial charge in [-0.05, 0) is 63.0 Å². The first-order valence-electron chi connectivity index (χ1n) is 13.9. The van der Waals surface area contributed by atoms with Crippen molar-refractivity contribution >= 4 is 13.7 Å². The zero-order valence-electron chi connectivity index (χ0n) is 25.9. The molecule has 0 amide bonds. The van der Waals surface area contributed by atoms with Gasteiger partial charge >= 0.3 is 8.38 Å². The molecule has 1 unspecified atom stereocenters. The van der Waals surface area contributed by atoms with Crippen molar-refractivity contribution in [1.29, 1.82) is 0 Å². The van der Waals surface area contributed by atoms with Crippen molar-refractivity contribution in [2.75, 3.05) is 0 Å². The first kappa shape index (κ1) is 28.7. The molecular formula is C35H47O2P. The molecule has 0 aliphatic carbocycles. The van der Waals surface area contributed by atoms with Crippen LogP contribution < -0.4 is 14.4 Å². The van der Waals surface area contributed by atoms with Crippen LogP contribution in [0.4, 0.5) is 0 Å². The minimum Gasteiger partial charge on any atom is -0.435 e. The predicted molar refractivity (Wildman–Crippen MR) is 166 cm³/mol. The first-order valence-corrected chi connectivity index (χ1v) is 15.1. The molecule has 0 spiro atoms. The van der Waals surface area contributed by atoms with E-state index in [1.54, 1.807) is 0 Å². The fourth-order valence-corrected chi connectivity index (χ4v) is 6.55. The summed E-state index contributed by atoms with van der Waals surface area (Å²) in [6, 6.07) is 18.0. The molecule has 1 heterocycles. The van der Waals surface area contributed by atoms with Gasteiger partial charge in [0, 0.05) is 16.7 Å². The lowest BCUT2D eigenvalue weighted by Gasteiger charge is -2.35. The van der Waals surface area contributed by atoms with Gasteiger partial charge in [-0.2, -0.15) is 0 Å². The van der Waals surface area contributed by atoms with E-state index in [9.17, 15) is 0 Å². The number of hydrogen-bond acceptors (Lipinski definition) is 2. The van der Waals surface area contributed by atoms with E-state index < -0.39 is 8.38 Å². The van der Waals surface area contributed by atoms with Crippen molar-refractivity contribution in [3.8, 4) is 22.6 Å². The van der Waals surface area contributed by atoms with E-state index >= 15 is 0 Å². The van der Waals surface area contributed by atoms with Gasteiger partial charge in [-0.3, -0.25) is 0 Å². The Bertz CT molecular complexity index is 1350. The van der Waals surface area contributed by atoms with Gasteiger partial charge in [0.25, 0.3) is 0 Å². The minimum absolute atomic E-state index is 0.0379. The largest absolute Gasteiger partial charge is 0.435 e. The molecule has 38 heavy (non-hydrogen) atoms. The summed E-state index contributed by atoms with van der Waals surface area (Å²) < 4.78 is 14.0. The van der Waals surface area contributed by atoms with Crippen LogP contribution in [0.15, 0.2) is 48.5 Å². The van der Waals surface area contributed by atoms with Crippen LogP contribution in [0.2, 0.25) is 0 Å². The summed E-state index contributed by atoms with van der Waals surface area (Å²) in [5, 5.41) is 1.14. The molecule has 4 rings (SSSR count). The maximum absolute atomic E-state index is 7.00. The van der Waals surface area contributed by atoms with E-state index in [0.717, 1.165) is 22.4 Å². The second-order valence-electron chi connectivity index (χ2n) is 15.0. The summed E-state index contributed by atoms with van der Waals surface area (Å²) in [6.45, 7) is 29.5. The molecule has 2 nitrogen and oxygen atoms in total. The van der Waals surface area contributed by atoms with Gasteiger partial charge in [0.2, 0.25) is 0 Å². The Morgan fingerprint density at radius 3 is 1.68 bits per heavy atom. The molecule has 3 aromatic carbocycles. The average molecular weight is 531 g/mol. The Kier molecular flexibility index (Phi) is 7.10. The maximum atomic E-state index is 7.00. The number of fused-ring (bicyclic) bond motifs is 3. The predicted octanol–water partition coefficient (Wildman–Crippen LogP) is 10.3. The van der Waals surface area contributed by atoms with Crippen LogP contribution in [0.5, 0.6) is 11.5 Å². The number of aryl methyl sites for hydroxylation is 1. The smallest absolute Gasteiger partial charge is 0.326 e. The standard InChI is InChI=1S/C35H47O2P/c1-22-18-23(32(2,3)4)20-27(34(8,9)10)30(22)36-38-29-17-15-14-16-25(29)26-19-24(33(5,6)7)21-28(31(26)37-38)35(11,12)13/h14-21H,1-13H3. The topological polar surface area (TPSA) is 18.5 Å². The van der Waals surface area contributed by atoms with E-state index in [1.807, 2.05) is 0 Å². The van der Waals surface area contributed by atoms with Crippen molar-refractivity contribution in [2.24, 2.45) is 0 Å². The monoisotopic (exact) mass is 530 g/mol. The molecule has 0 saturated carbocycles. The Hall–Kier alpha value is -2.31. The summed E-state index contributed by atoms with van der Waals surface area (Å²) >= 11 is 0. The quantitative estimate of drug-likeness (QED) is 0.307. The zero-order valence-corrected chi connectivity index (χ0v) is 26.8. The van der Waals surface area contributed by atoms with Crippen molar-refractivity contribution in [1.82, 2.24) is 0 Å². The summed E-state index contributed by atoms with van der Waals surface area (Å²) in [4.78, 5) is 0. The fraction of sp³-hybridized carbons (Fsp3) is 0.486. The van der Waals surface area contributed by atoms with Crippen molar-refractivity contribution < 1.29 is 9.05 Å². The van der Waals surface area contributed by atoms with E-state index in [2.05, 4.69) is 139 Å². The molecule has 0 radical (unpaired) electrons. The number of rotatable bonds is 2. The third-order valence-electron chi connectivity index (χ3n) is 7.45. The van der Waals surface area contributed by atoms with Gasteiger partial charge in [0.05, 0.1) is 5.30 Å². The molecule has 1 aliphatic rings. The minimum atomic E-state index is -1.37. The Balaban J connectivity index is 1.92. The second-order valence-corrected chi connectivity index (χ2v) is 16.4. The molecule has 0 N–H and O–H groups in total. The highest BCUT2D eigenvalue weighted by Gasteiger charge is 2.36. The molecule has 204 valence electrons. The summed E-state index contributed by atoms with van der Waals surface area (Å²) in [5.74, 6) is 1.93. The van der Waals surface area contributed by atoms with E-state index in [0.29, 0.717) is 0 Å². The maximum Gasteiger partial charge on any atom is 0.326 e. The van der Waals surface area contributed by atoms with Crippen LogP contribution >= 0.6 is 8.38 Å². The van der Waals surface area contributed by atoms with Crippen LogP contribution in [-0.4, -0.2) is 0 Å². The third kappa shape index (κ3) is 5.53. The third-order valence-corrected chi connectivity index (χ3v) is 8.93. The van der Waals surface area contributed by atoms with Gasteiger partial charge in [-0.15, -0.1) is 0 Å². The molecule has 0 fully saturated rings. The summed E-state index contributed by atoms with van der Waals surface area (Å²) in [6.07, 6.45) is 0. The van der Waals surface area contributed by atoms with Gasteiger partial charge < -0.3 is 9.05 Å². The average Bonchev–Trinajstić information content (AvgIpc) is 2.76. The van der Waals surface area contributed by atoms with Crippen LogP contribution in [0.1, 0.15) is 111 Å². The Morgan fingerprint density at radius 1 is 0.605 bits per heavy atom. The van der Waals surface area contributed by atoms with Crippen molar-refractivity contribution in [3.63, 3.8) is 0 Å². The normalized spacial score (nSPS) is 16.0. The van der Waals surface area contributed by atoms with Crippen LogP contribution in [0.25, 0.3) is 11.1 Å². The highest BCUT2D eigenvalue weighted by molar-refractivity contribution is 7.57. The molecular weight excluding hydrogens is 483 g/mol. The summed E-state index contributed by atoms with van der Waals surface area (Å²) in [7, 11) is -1.37. The van der Waals surface area contributed by atoms with Crippen LogP contribution in [-0.2, 0) is 21.7 Å². The molecule has 0 saturated heterocycles. The summed E-state index contributed by atoms with van der Waals surface area (Å²) in [5.41, 5.74) is 8.66. The number of benzene rings is 3. The van der Waals surface area contributed by atoms with Gasteiger partial charge in [-0.1, -0.05) is 119 Å². The Labute approximate surface area is 233 Å². The first-order chi connectivity index (χ1) is 17.3. The highest BCUT2D eigenvalue weighted by atomic mass is 31.2. The zero-order chi connectivity index (χ0) is 28.4. The molecule has 1 atom stereocenters. The van der Waals surface area contributed by atoms with E-state index in [-0.39, 0.29) is 21.7 Å². The van der Waals surface area contributed by atoms with Crippen molar-refractivity contribution in [2.45, 2.75) is 112 Å². The van der Waals surface area contributed by atoms with E-state index in [1.165, 1.54) is 33.4 Å². The fourth-order valence-electron chi connectivity index (χ4n) is 4.95. The van der Waals surface area contributed by atoms with E-state index in [4.69, 9.17) is 9.05 Å². The SMILES string of the molecule is Cc1cc(C(C)(C)C)cc(C(C)(C)C)c1OP1Oc2c(cc(C(C)(C)C)cc2C(C)(C)C)-c2ccccc21. The molecule has 0 bridgehead atoms. The highest BCUT2D eigenvalue weighted by Crippen LogP contribution is 2.55. The molecule has 3 aromatic rings. The second kappa shape index (κ2) is 9.41. The van der Waals surface area contributed by atoms with Gasteiger partial charge in [0.15, 0.2) is 0 Å². The molecule has 3 heteroatoms. The van der Waals surface area contributed by atoms with Crippen LogP contribution in [0, 0.1) is 6.92 Å². The van der Waals surface area contributed by atoms with Crippen molar-refractivity contribution in [3.05, 3.63) is 76.3 Å². The lowest BCUT2D eigenvalue weighted by atomic mass is 9.78. The molecule has 1 aliphatic heterocycles.